The molecule has 2 N–H and O–H groups in total. The molecule has 0 aromatic carbocycles. The molecular formula is C22H36F2N4O. The average molecular weight is 411 g/mol. The minimum absolute atomic E-state index is 0.00628. The van der Waals surface area contributed by atoms with Crippen molar-refractivity contribution in [1.82, 2.24) is 14.7 Å². The van der Waals surface area contributed by atoms with Gasteiger partial charge in [-0.15, -0.1) is 0 Å². The predicted octanol–water partition coefficient (Wildman–Crippen LogP) is 3.70. The third-order valence-corrected chi connectivity index (χ3v) is 7.10. The highest BCUT2D eigenvalue weighted by atomic mass is 19.3. The molecule has 1 saturated carbocycles. The molecule has 1 aliphatic carbocycles. The van der Waals surface area contributed by atoms with E-state index < -0.39 is 5.92 Å². The summed E-state index contributed by atoms with van der Waals surface area (Å²) in [6.45, 7) is 7.70. The van der Waals surface area contributed by atoms with Gasteiger partial charge in [-0.05, 0) is 50.5 Å². The van der Waals surface area contributed by atoms with Crippen LogP contribution in [0, 0.1) is 5.41 Å². The SMILES string of the molecule is CN(CCN)Cc1nn2c(c1[C@H]1CC[C@]3(CC1)CC(C)(C)CO3)CC(F)(F)CC2. The fourth-order valence-electron chi connectivity index (χ4n) is 5.76. The smallest absolute Gasteiger partial charge is 0.255 e. The first-order chi connectivity index (χ1) is 13.6. The Bertz CT molecular complexity index is 737. The highest BCUT2D eigenvalue weighted by Gasteiger charge is 2.47. The number of halogens is 2. The Morgan fingerprint density at radius 2 is 1.97 bits per heavy atom. The lowest BCUT2D eigenvalue weighted by Crippen LogP contribution is -2.34. The third kappa shape index (κ3) is 4.37. The summed E-state index contributed by atoms with van der Waals surface area (Å²) in [6.07, 6.45) is 4.82. The summed E-state index contributed by atoms with van der Waals surface area (Å²) < 4.78 is 36.7. The van der Waals surface area contributed by atoms with Crippen molar-refractivity contribution in [3.05, 3.63) is 17.0 Å². The lowest BCUT2D eigenvalue weighted by Gasteiger charge is -2.38. The van der Waals surface area contributed by atoms with Gasteiger partial charge in [-0.3, -0.25) is 9.58 Å². The Morgan fingerprint density at radius 1 is 1.24 bits per heavy atom. The molecule has 164 valence electrons. The second kappa shape index (κ2) is 7.57. The van der Waals surface area contributed by atoms with Crippen LogP contribution in [0.25, 0.3) is 0 Å². The van der Waals surface area contributed by atoms with Gasteiger partial charge in [0.1, 0.15) is 0 Å². The summed E-state index contributed by atoms with van der Waals surface area (Å²) in [6, 6.07) is 0. The van der Waals surface area contributed by atoms with Crippen molar-refractivity contribution in [2.24, 2.45) is 11.1 Å². The van der Waals surface area contributed by atoms with Crippen LogP contribution in [0.3, 0.4) is 0 Å². The molecule has 3 heterocycles. The van der Waals surface area contributed by atoms with Gasteiger partial charge in [0, 0.05) is 43.9 Å². The minimum Gasteiger partial charge on any atom is -0.374 e. The Labute approximate surface area is 172 Å². The van der Waals surface area contributed by atoms with Crippen molar-refractivity contribution in [3.63, 3.8) is 0 Å². The quantitative estimate of drug-likeness (QED) is 0.804. The van der Waals surface area contributed by atoms with E-state index >= 15 is 0 Å². The van der Waals surface area contributed by atoms with Crippen molar-refractivity contribution in [2.45, 2.75) is 89.3 Å². The van der Waals surface area contributed by atoms with Gasteiger partial charge in [0.2, 0.25) is 0 Å². The molecule has 29 heavy (non-hydrogen) atoms. The summed E-state index contributed by atoms with van der Waals surface area (Å²) in [5.41, 5.74) is 8.78. The van der Waals surface area contributed by atoms with Gasteiger partial charge in [0.25, 0.3) is 5.92 Å². The van der Waals surface area contributed by atoms with Crippen LogP contribution in [-0.4, -0.2) is 52.9 Å². The van der Waals surface area contributed by atoms with E-state index in [9.17, 15) is 8.78 Å². The van der Waals surface area contributed by atoms with Gasteiger partial charge in [-0.1, -0.05) is 13.8 Å². The number of aromatic nitrogens is 2. The van der Waals surface area contributed by atoms with Crippen LogP contribution in [0.1, 0.15) is 75.2 Å². The molecule has 0 amide bonds. The highest BCUT2D eigenvalue weighted by molar-refractivity contribution is 5.33. The first-order valence-corrected chi connectivity index (χ1v) is 11.1. The molecule has 5 nitrogen and oxygen atoms in total. The Hall–Kier alpha value is -1.05. The average Bonchev–Trinajstić information content (AvgIpc) is 3.12. The van der Waals surface area contributed by atoms with Gasteiger partial charge in [0.15, 0.2) is 0 Å². The molecule has 0 atom stereocenters. The van der Waals surface area contributed by atoms with Crippen molar-refractivity contribution in [3.8, 4) is 0 Å². The van der Waals surface area contributed by atoms with Crippen LogP contribution in [0.5, 0.6) is 0 Å². The lowest BCUT2D eigenvalue weighted by atomic mass is 9.71. The predicted molar refractivity (Wildman–Crippen MR) is 109 cm³/mol. The number of aryl methyl sites for hydroxylation is 1. The van der Waals surface area contributed by atoms with Crippen molar-refractivity contribution < 1.29 is 13.5 Å². The molecule has 1 spiro atoms. The number of fused-ring (bicyclic) bond motifs is 1. The number of hydrogen-bond acceptors (Lipinski definition) is 4. The maximum absolute atomic E-state index is 14.3. The van der Waals surface area contributed by atoms with E-state index in [1.807, 2.05) is 11.7 Å². The summed E-state index contributed by atoms with van der Waals surface area (Å²) in [5, 5.41) is 4.80. The van der Waals surface area contributed by atoms with E-state index in [0.717, 1.165) is 62.2 Å². The molecule has 0 unspecified atom stereocenters. The molecule has 7 heteroatoms. The van der Waals surface area contributed by atoms with E-state index in [0.29, 0.717) is 25.6 Å². The Kier molecular flexibility index (Phi) is 5.53. The number of rotatable bonds is 5. The summed E-state index contributed by atoms with van der Waals surface area (Å²) in [4.78, 5) is 2.14. The van der Waals surface area contributed by atoms with Gasteiger partial charge < -0.3 is 10.5 Å². The summed E-state index contributed by atoms with van der Waals surface area (Å²) in [5.74, 6) is -2.33. The van der Waals surface area contributed by atoms with Crippen LogP contribution in [-0.2, 0) is 24.2 Å². The van der Waals surface area contributed by atoms with Gasteiger partial charge in [-0.2, -0.15) is 5.10 Å². The maximum atomic E-state index is 14.3. The number of nitrogens with zero attached hydrogens (tertiary/aromatic N) is 3. The molecule has 2 fully saturated rings. The number of alkyl halides is 2. The van der Waals surface area contributed by atoms with Gasteiger partial charge >= 0.3 is 0 Å². The zero-order valence-electron chi connectivity index (χ0n) is 18.1. The Balaban J connectivity index is 1.58. The first-order valence-electron chi connectivity index (χ1n) is 11.1. The molecule has 0 bridgehead atoms. The molecule has 1 aromatic rings. The zero-order valence-corrected chi connectivity index (χ0v) is 18.1. The van der Waals surface area contributed by atoms with Crippen molar-refractivity contribution in [2.75, 3.05) is 26.7 Å². The molecular weight excluding hydrogens is 374 g/mol. The molecule has 0 radical (unpaired) electrons. The fraction of sp³-hybridized carbons (Fsp3) is 0.864. The van der Waals surface area contributed by atoms with Gasteiger partial charge in [0.05, 0.1) is 24.3 Å². The van der Waals surface area contributed by atoms with Crippen LogP contribution in [0.2, 0.25) is 0 Å². The summed E-state index contributed by atoms with van der Waals surface area (Å²) in [7, 11) is 2.02. The van der Waals surface area contributed by atoms with Crippen molar-refractivity contribution >= 4 is 0 Å². The van der Waals surface area contributed by atoms with E-state index in [1.54, 1.807) is 0 Å². The van der Waals surface area contributed by atoms with Crippen LogP contribution < -0.4 is 5.73 Å². The van der Waals surface area contributed by atoms with Gasteiger partial charge in [-0.25, -0.2) is 8.78 Å². The molecule has 1 saturated heterocycles. The second-order valence-corrected chi connectivity index (χ2v) is 10.4. The number of likely N-dealkylation sites (N-methyl/N-ethyl adjacent to an activating group) is 1. The Morgan fingerprint density at radius 3 is 2.59 bits per heavy atom. The number of ether oxygens (including phenoxy) is 1. The maximum Gasteiger partial charge on any atom is 0.255 e. The normalized spacial score (nSPS) is 30.8. The van der Waals surface area contributed by atoms with Crippen molar-refractivity contribution in [1.29, 1.82) is 0 Å². The van der Waals surface area contributed by atoms with Crippen LogP contribution in [0.4, 0.5) is 8.78 Å². The molecule has 4 rings (SSSR count). The van der Waals surface area contributed by atoms with Crippen LogP contribution in [0.15, 0.2) is 0 Å². The lowest BCUT2D eigenvalue weighted by molar-refractivity contribution is -0.0313. The van der Waals surface area contributed by atoms with E-state index in [4.69, 9.17) is 15.6 Å². The third-order valence-electron chi connectivity index (χ3n) is 7.10. The minimum atomic E-state index is -2.63. The first kappa shape index (κ1) is 21.2. The largest absolute Gasteiger partial charge is 0.374 e. The topological polar surface area (TPSA) is 56.3 Å². The number of hydrogen-bond donors (Lipinski definition) is 1. The molecule has 1 aromatic heterocycles. The summed E-state index contributed by atoms with van der Waals surface area (Å²) >= 11 is 0. The fourth-order valence-corrected chi connectivity index (χ4v) is 5.76. The number of nitrogens with two attached hydrogens (primary N) is 1. The molecule has 3 aliphatic rings. The zero-order chi connectivity index (χ0) is 20.9. The molecule has 2 aliphatic heterocycles. The highest BCUT2D eigenvalue weighted by Crippen LogP contribution is 2.51. The van der Waals surface area contributed by atoms with E-state index in [2.05, 4.69) is 18.7 Å². The monoisotopic (exact) mass is 410 g/mol. The second-order valence-electron chi connectivity index (χ2n) is 10.4. The van der Waals surface area contributed by atoms with E-state index in [1.165, 1.54) is 0 Å². The standard InChI is InChI=1S/C22H36F2N4O/c1-20(2)14-21(29-15-20)6-4-16(5-7-21)19-17(13-27(3)11-9-25)26-28-10-8-22(23,24)12-18(19)28/h16H,4-15,25H2,1-3H3/t16-,21-. The van der Waals surface area contributed by atoms with Crippen LogP contribution >= 0.6 is 0 Å². The van der Waals surface area contributed by atoms with E-state index in [-0.39, 0.29) is 23.9 Å².